The smallest absolute Gasteiger partial charge is 0.324 e. The van der Waals surface area contributed by atoms with Gasteiger partial charge in [0.2, 0.25) is 0 Å². The van der Waals surface area contributed by atoms with E-state index in [2.05, 4.69) is 0 Å². The molecule has 2 fully saturated rings. The second-order valence-electron chi connectivity index (χ2n) is 6.61. The summed E-state index contributed by atoms with van der Waals surface area (Å²) in [6, 6.07) is 4.08. The van der Waals surface area contributed by atoms with Crippen molar-refractivity contribution in [3.63, 3.8) is 0 Å². The molecule has 6 atom stereocenters. The first-order valence-corrected chi connectivity index (χ1v) is 8.57. The number of hydrogen-bond donors (Lipinski definition) is 4. The van der Waals surface area contributed by atoms with Crippen LogP contribution in [0.2, 0.25) is 0 Å². The molecule has 9 heteroatoms. The Kier molecular flexibility index (Phi) is 5.39. The molecule has 6 N–H and O–H groups in total. The molecule has 1 aromatic carbocycles. The molecule has 1 aromatic rings. The van der Waals surface area contributed by atoms with Crippen molar-refractivity contribution in [3.05, 3.63) is 29.6 Å². The van der Waals surface area contributed by atoms with Crippen molar-refractivity contribution in [1.82, 2.24) is 0 Å². The second kappa shape index (κ2) is 6.75. The van der Waals surface area contributed by atoms with E-state index in [0.717, 1.165) is 4.90 Å². The quantitative estimate of drug-likeness (QED) is 0.558. The van der Waals surface area contributed by atoms with E-state index in [9.17, 15) is 24.2 Å². The Bertz CT molecular complexity index is 721. The molecule has 6 nitrogen and oxygen atoms in total. The highest BCUT2D eigenvalue weighted by Crippen LogP contribution is 2.63. The molecule has 0 saturated heterocycles. The fourth-order valence-electron chi connectivity index (χ4n) is 4.02. The van der Waals surface area contributed by atoms with E-state index in [1.54, 1.807) is 19.1 Å². The van der Waals surface area contributed by atoms with Gasteiger partial charge in [0.25, 0.3) is 0 Å². The molecule has 3 rings (SSSR count). The highest BCUT2D eigenvalue weighted by molar-refractivity contribution is 7.99. The monoisotopic (exact) mass is 390 g/mol. The van der Waals surface area contributed by atoms with E-state index < -0.39 is 47.2 Å². The van der Waals surface area contributed by atoms with E-state index in [4.69, 9.17) is 11.5 Å². The normalized spacial score (nSPS) is 35.6. The highest BCUT2D eigenvalue weighted by atomic mass is 35.5. The molecule has 2 aliphatic rings. The second-order valence-corrected chi connectivity index (χ2v) is 7.70. The summed E-state index contributed by atoms with van der Waals surface area (Å²) in [5, 5.41) is 18.8. The fourth-order valence-corrected chi connectivity index (χ4v) is 5.32. The van der Waals surface area contributed by atoms with Gasteiger partial charge in [-0.1, -0.05) is 0 Å². The number of hydrogen-bond acceptors (Lipinski definition) is 5. The van der Waals surface area contributed by atoms with E-state index in [0.29, 0.717) is 11.3 Å². The maximum atomic E-state index is 13.3. The van der Waals surface area contributed by atoms with E-state index in [1.165, 1.54) is 17.8 Å². The Morgan fingerprint density at radius 3 is 2.52 bits per heavy atom. The van der Waals surface area contributed by atoms with Gasteiger partial charge in [-0.3, -0.25) is 9.59 Å². The van der Waals surface area contributed by atoms with Gasteiger partial charge in [-0.15, -0.1) is 24.2 Å². The SMILES string of the molecule is Cc1cc(SC[C@@H]2[C@@H](N)[C@H]3[C@H](C(=O)O)[C@H]3[C@]2(N)C(=O)O)ccc1F.Cl. The molecular formula is C16H20ClFN2O4S. The predicted molar refractivity (Wildman–Crippen MR) is 93.2 cm³/mol. The molecule has 138 valence electrons. The number of aryl methyl sites for hydroxylation is 1. The molecule has 2 aliphatic carbocycles. The van der Waals surface area contributed by atoms with Gasteiger partial charge in [-0.2, -0.15) is 0 Å². The summed E-state index contributed by atoms with van der Waals surface area (Å²) >= 11 is 1.36. The molecule has 0 bridgehead atoms. The van der Waals surface area contributed by atoms with Gasteiger partial charge >= 0.3 is 11.9 Å². The summed E-state index contributed by atoms with van der Waals surface area (Å²) in [6.07, 6.45) is 0. The predicted octanol–water partition coefficient (Wildman–Crippen LogP) is 1.33. The Hall–Kier alpha value is -1.35. The summed E-state index contributed by atoms with van der Waals surface area (Å²) in [5.74, 6) is -4.58. The molecule has 0 radical (unpaired) electrons. The highest BCUT2D eigenvalue weighted by Gasteiger charge is 2.76. The van der Waals surface area contributed by atoms with Crippen LogP contribution in [0.1, 0.15) is 5.56 Å². The number of thioether (sulfide) groups is 1. The lowest BCUT2D eigenvalue weighted by Gasteiger charge is -2.33. The zero-order chi connectivity index (χ0) is 17.8. The van der Waals surface area contributed by atoms with E-state index in [-0.39, 0.29) is 18.2 Å². The number of carboxylic acids is 2. The zero-order valence-electron chi connectivity index (χ0n) is 13.4. The van der Waals surface area contributed by atoms with Crippen LogP contribution in [-0.4, -0.2) is 39.5 Å². The molecule has 0 aromatic heterocycles. The molecule has 0 heterocycles. The summed E-state index contributed by atoms with van der Waals surface area (Å²) < 4.78 is 13.3. The number of carboxylic acid groups (broad SMARTS) is 2. The van der Waals surface area contributed by atoms with Crippen LogP contribution in [0.3, 0.4) is 0 Å². The number of nitrogens with two attached hydrogens (primary N) is 2. The minimum Gasteiger partial charge on any atom is -0.481 e. The van der Waals surface area contributed by atoms with Gasteiger partial charge in [0.15, 0.2) is 0 Å². The van der Waals surface area contributed by atoms with Crippen LogP contribution >= 0.6 is 24.2 Å². The average Bonchev–Trinajstić information content (AvgIpc) is 3.21. The van der Waals surface area contributed by atoms with Crippen LogP contribution in [0.15, 0.2) is 23.1 Å². The molecule has 0 aliphatic heterocycles. The average molecular weight is 391 g/mol. The van der Waals surface area contributed by atoms with Gasteiger partial charge in [0, 0.05) is 28.5 Å². The summed E-state index contributed by atoms with van der Waals surface area (Å²) in [4.78, 5) is 23.8. The lowest BCUT2D eigenvalue weighted by atomic mass is 9.81. The van der Waals surface area contributed by atoms with Gasteiger partial charge < -0.3 is 21.7 Å². The van der Waals surface area contributed by atoms with Crippen molar-refractivity contribution in [2.75, 3.05) is 5.75 Å². The maximum Gasteiger partial charge on any atom is 0.324 e. The molecule has 0 amide bonds. The number of fused-ring (bicyclic) bond motifs is 1. The van der Waals surface area contributed by atoms with Crippen LogP contribution in [0.4, 0.5) is 4.39 Å². The largest absolute Gasteiger partial charge is 0.481 e. The van der Waals surface area contributed by atoms with Crippen molar-refractivity contribution in [3.8, 4) is 0 Å². The lowest BCUT2D eigenvalue weighted by molar-refractivity contribution is -0.147. The van der Waals surface area contributed by atoms with Crippen LogP contribution < -0.4 is 11.5 Å². The maximum absolute atomic E-state index is 13.3. The lowest BCUT2D eigenvalue weighted by Crippen LogP contribution is -2.59. The summed E-state index contributed by atoms with van der Waals surface area (Å²) in [7, 11) is 0. The molecule has 0 spiro atoms. The Morgan fingerprint density at radius 2 is 2.00 bits per heavy atom. The number of halogens is 2. The standard InChI is InChI=1S/C16H19FN2O4S.ClH/c1-6-4-7(2-3-9(6)17)24-5-8-13(18)10-11(14(20)21)12(10)16(8,19)15(22)23;/h2-4,8,10-13H,5,18-19H2,1H3,(H,20,21)(H,22,23);1H/t8-,10+,11+,12+,13-,16+;/m1./s1. The third-order valence-electron chi connectivity index (χ3n) is 5.36. The Balaban J connectivity index is 0.00000225. The number of carbonyl (C=O) groups is 2. The Morgan fingerprint density at radius 1 is 1.36 bits per heavy atom. The van der Waals surface area contributed by atoms with Crippen LogP contribution in [0.25, 0.3) is 0 Å². The first-order valence-electron chi connectivity index (χ1n) is 7.59. The van der Waals surface area contributed by atoms with Gasteiger partial charge in [0.05, 0.1) is 5.92 Å². The van der Waals surface area contributed by atoms with Gasteiger partial charge in [-0.25, -0.2) is 4.39 Å². The van der Waals surface area contributed by atoms with Crippen molar-refractivity contribution in [2.45, 2.75) is 23.4 Å². The minimum atomic E-state index is -1.64. The first kappa shape index (κ1) is 20.0. The fraction of sp³-hybridized carbons (Fsp3) is 0.500. The molecule has 25 heavy (non-hydrogen) atoms. The molecular weight excluding hydrogens is 371 g/mol. The topological polar surface area (TPSA) is 127 Å². The minimum absolute atomic E-state index is 0. The summed E-state index contributed by atoms with van der Waals surface area (Å²) in [6.45, 7) is 1.65. The molecule has 2 saturated carbocycles. The number of aliphatic carboxylic acids is 2. The third kappa shape index (κ3) is 3.01. The summed E-state index contributed by atoms with van der Waals surface area (Å²) in [5.41, 5.74) is 11.2. The van der Waals surface area contributed by atoms with Crippen molar-refractivity contribution in [2.24, 2.45) is 35.1 Å². The van der Waals surface area contributed by atoms with Crippen molar-refractivity contribution in [1.29, 1.82) is 0 Å². The van der Waals surface area contributed by atoms with Crippen LogP contribution in [0, 0.1) is 36.4 Å². The zero-order valence-corrected chi connectivity index (χ0v) is 15.0. The van der Waals surface area contributed by atoms with Crippen LogP contribution in [0.5, 0.6) is 0 Å². The first-order chi connectivity index (χ1) is 11.2. The van der Waals surface area contributed by atoms with Crippen LogP contribution in [-0.2, 0) is 9.59 Å². The van der Waals surface area contributed by atoms with Gasteiger partial charge in [-0.05, 0) is 36.6 Å². The van der Waals surface area contributed by atoms with Crippen molar-refractivity contribution < 1.29 is 24.2 Å². The Labute approximate surface area is 154 Å². The molecule has 0 unspecified atom stereocenters. The third-order valence-corrected chi connectivity index (χ3v) is 6.48. The van der Waals surface area contributed by atoms with Crippen molar-refractivity contribution >= 4 is 36.1 Å². The number of rotatable bonds is 5. The van der Waals surface area contributed by atoms with E-state index in [1.807, 2.05) is 0 Å². The number of benzene rings is 1. The van der Waals surface area contributed by atoms with E-state index >= 15 is 0 Å². The van der Waals surface area contributed by atoms with Gasteiger partial charge in [0.1, 0.15) is 11.4 Å².